The zero-order valence-electron chi connectivity index (χ0n) is 12.9. The lowest BCUT2D eigenvalue weighted by atomic mass is 10.0. The Kier molecular flexibility index (Phi) is 5.66. The molecule has 22 heavy (non-hydrogen) atoms. The normalized spacial score (nSPS) is 10.5. The van der Waals surface area contributed by atoms with Gasteiger partial charge in [0, 0.05) is 22.8 Å². The van der Waals surface area contributed by atoms with Crippen molar-refractivity contribution in [3.05, 3.63) is 34.3 Å². The van der Waals surface area contributed by atoms with E-state index in [1.165, 1.54) is 0 Å². The van der Waals surface area contributed by atoms with Crippen LogP contribution in [0.25, 0.3) is 10.8 Å². The number of esters is 1. The number of carbonyl (C=O) groups is 1. The molecule has 5 heteroatoms. The molecule has 0 heterocycles. The molecular weight excluding hydrogens is 348 g/mol. The van der Waals surface area contributed by atoms with E-state index in [4.69, 9.17) is 14.2 Å². The van der Waals surface area contributed by atoms with Crippen LogP contribution in [-0.4, -0.2) is 26.8 Å². The second kappa shape index (κ2) is 7.49. The van der Waals surface area contributed by atoms with E-state index in [0.29, 0.717) is 19.4 Å². The Morgan fingerprint density at radius 3 is 2.23 bits per heavy atom. The lowest BCUT2D eigenvalue weighted by Gasteiger charge is -2.17. The summed E-state index contributed by atoms with van der Waals surface area (Å²) in [5.74, 6) is 1.28. The molecule has 4 nitrogen and oxygen atoms in total. The van der Waals surface area contributed by atoms with Crippen molar-refractivity contribution < 1.29 is 19.0 Å². The van der Waals surface area contributed by atoms with Gasteiger partial charge in [0.1, 0.15) is 11.5 Å². The van der Waals surface area contributed by atoms with Gasteiger partial charge in [-0.05, 0) is 29.3 Å². The second-order valence-electron chi connectivity index (χ2n) is 4.71. The molecule has 2 aromatic carbocycles. The molecule has 0 radical (unpaired) electrons. The van der Waals surface area contributed by atoms with Crippen LogP contribution in [-0.2, 0) is 16.0 Å². The molecule has 118 valence electrons. The van der Waals surface area contributed by atoms with E-state index in [1.54, 1.807) is 21.1 Å². The largest absolute Gasteiger partial charge is 0.496 e. The average Bonchev–Trinajstić information content (AvgIpc) is 2.53. The summed E-state index contributed by atoms with van der Waals surface area (Å²) in [6, 6.07) is 7.87. The van der Waals surface area contributed by atoms with E-state index in [0.717, 1.165) is 32.3 Å². The molecule has 0 unspecified atom stereocenters. The zero-order valence-corrected chi connectivity index (χ0v) is 14.5. The molecule has 0 aliphatic heterocycles. The zero-order chi connectivity index (χ0) is 16.1. The summed E-state index contributed by atoms with van der Waals surface area (Å²) in [7, 11) is 3.27. The monoisotopic (exact) mass is 366 g/mol. The van der Waals surface area contributed by atoms with E-state index < -0.39 is 0 Å². The number of halogens is 1. The van der Waals surface area contributed by atoms with Gasteiger partial charge in [-0.15, -0.1) is 0 Å². The van der Waals surface area contributed by atoms with Crippen LogP contribution in [0.5, 0.6) is 11.5 Å². The third-order valence-electron chi connectivity index (χ3n) is 3.45. The van der Waals surface area contributed by atoms with Crippen LogP contribution in [0, 0.1) is 0 Å². The van der Waals surface area contributed by atoms with Gasteiger partial charge in [0.05, 0.1) is 25.3 Å². The van der Waals surface area contributed by atoms with Crippen molar-refractivity contribution in [3.8, 4) is 11.5 Å². The van der Waals surface area contributed by atoms with Gasteiger partial charge in [-0.1, -0.05) is 24.3 Å². The first kappa shape index (κ1) is 16.6. The summed E-state index contributed by atoms with van der Waals surface area (Å²) in [5, 5.41) is 1.93. The fourth-order valence-electron chi connectivity index (χ4n) is 2.51. The highest BCUT2D eigenvalue weighted by Crippen LogP contribution is 2.44. The fourth-order valence-corrected chi connectivity index (χ4v) is 3.27. The number of carbonyl (C=O) groups excluding carboxylic acids is 1. The van der Waals surface area contributed by atoms with Crippen molar-refractivity contribution >= 4 is 32.7 Å². The SMILES string of the molecule is CCOC(=O)CCc1c(Br)c(OC)c2ccccc2c1OC. The van der Waals surface area contributed by atoms with Crippen molar-refractivity contribution in [2.75, 3.05) is 20.8 Å². The van der Waals surface area contributed by atoms with Crippen LogP contribution >= 0.6 is 15.9 Å². The highest BCUT2D eigenvalue weighted by molar-refractivity contribution is 9.10. The first-order valence-electron chi connectivity index (χ1n) is 7.10. The second-order valence-corrected chi connectivity index (χ2v) is 5.50. The standard InChI is InChI=1S/C17H19BrO4/c1-4-22-14(19)10-9-13-15(18)17(21-3)12-8-6-5-7-11(12)16(13)20-2/h5-8H,4,9-10H2,1-3H3. The van der Waals surface area contributed by atoms with Crippen molar-refractivity contribution in [2.45, 2.75) is 19.8 Å². The topological polar surface area (TPSA) is 44.8 Å². The van der Waals surface area contributed by atoms with E-state index in [1.807, 2.05) is 24.3 Å². The molecule has 2 rings (SSSR count). The molecule has 0 spiro atoms. The van der Waals surface area contributed by atoms with Crippen molar-refractivity contribution in [2.24, 2.45) is 0 Å². The van der Waals surface area contributed by atoms with Crippen molar-refractivity contribution in [1.82, 2.24) is 0 Å². The maximum absolute atomic E-state index is 11.6. The van der Waals surface area contributed by atoms with Gasteiger partial charge in [-0.2, -0.15) is 0 Å². The van der Waals surface area contributed by atoms with Crippen LogP contribution in [0.15, 0.2) is 28.7 Å². The molecule has 0 aliphatic rings. The van der Waals surface area contributed by atoms with E-state index in [9.17, 15) is 4.79 Å². The highest BCUT2D eigenvalue weighted by Gasteiger charge is 2.19. The molecule has 0 amide bonds. The molecule has 0 saturated carbocycles. The Balaban J connectivity index is 2.52. The van der Waals surface area contributed by atoms with Gasteiger partial charge in [-0.3, -0.25) is 4.79 Å². The third kappa shape index (κ3) is 3.19. The number of benzene rings is 2. The summed E-state index contributed by atoms with van der Waals surface area (Å²) in [6.07, 6.45) is 0.814. The number of rotatable bonds is 6. The predicted octanol–water partition coefficient (Wildman–Crippen LogP) is 4.12. The number of fused-ring (bicyclic) bond motifs is 1. The smallest absolute Gasteiger partial charge is 0.306 e. The molecule has 0 aromatic heterocycles. The number of ether oxygens (including phenoxy) is 3. The van der Waals surface area contributed by atoms with E-state index in [2.05, 4.69) is 15.9 Å². The Bertz CT molecular complexity index is 682. The summed E-state index contributed by atoms with van der Waals surface area (Å²) in [6.45, 7) is 2.19. The maximum atomic E-state index is 11.6. The van der Waals surface area contributed by atoms with Crippen LogP contribution < -0.4 is 9.47 Å². The lowest BCUT2D eigenvalue weighted by molar-refractivity contribution is -0.143. The van der Waals surface area contributed by atoms with E-state index in [-0.39, 0.29) is 5.97 Å². The van der Waals surface area contributed by atoms with Crippen molar-refractivity contribution in [1.29, 1.82) is 0 Å². The lowest BCUT2D eigenvalue weighted by Crippen LogP contribution is -2.07. The maximum Gasteiger partial charge on any atom is 0.306 e. The Labute approximate surface area is 138 Å². The number of methoxy groups -OCH3 is 2. The molecule has 0 bridgehead atoms. The third-order valence-corrected chi connectivity index (χ3v) is 4.29. The molecule has 2 aromatic rings. The molecule has 0 saturated heterocycles. The van der Waals surface area contributed by atoms with Gasteiger partial charge in [0.15, 0.2) is 0 Å². The minimum atomic E-state index is -0.219. The van der Waals surface area contributed by atoms with Gasteiger partial charge in [-0.25, -0.2) is 0 Å². The average molecular weight is 367 g/mol. The van der Waals surface area contributed by atoms with Gasteiger partial charge >= 0.3 is 5.97 Å². The molecular formula is C17H19BrO4. The summed E-state index contributed by atoms with van der Waals surface area (Å²) >= 11 is 3.59. The molecule has 0 atom stereocenters. The number of hydrogen-bond donors (Lipinski definition) is 0. The van der Waals surface area contributed by atoms with Crippen molar-refractivity contribution in [3.63, 3.8) is 0 Å². The Hall–Kier alpha value is -1.75. The van der Waals surface area contributed by atoms with Crippen LogP contribution in [0.2, 0.25) is 0 Å². The highest BCUT2D eigenvalue weighted by atomic mass is 79.9. The van der Waals surface area contributed by atoms with Crippen LogP contribution in [0.1, 0.15) is 18.9 Å². The Morgan fingerprint density at radius 1 is 1.09 bits per heavy atom. The summed E-state index contributed by atoms with van der Waals surface area (Å²) in [5.41, 5.74) is 0.908. The van der Waals surface area contributed by atoms with E-state index >= 15 is 0 Å². The minimum absolute atomic E-state index is 0.219. The first-order valence-corrected chi connectivity index (χ1v) is 7.90. The molecule has 0 aliphatic carbocycles. The molecule has 0 fully saturated rings. The summed E-state index contributed by atoms with van der Waals surface area (Å²) in [4.78, 5) is 11.6. The first-order chi connectivity index (χ1) is 10.6. The molecule has 0 N–H and O–H groups in total. The Morgan fingerprint density at radius 2 is 1.68 bits per heavy atom. The van der Waals surface area contributed by atoms with Crippen LogP contribution in [0.4, 0.5) is 0 Å². The predicted molar refractivity (Wildman–Crippen MR) is 89.7 cm³/mol. The van der Waals surface area contributed by atoms with Gasteiger partial charge < -0.3 is 14.2 Å². The quantitative estimate of drug-likeness (QED) is 0.721. The summed E-state index contributed by atoms with van der Waals surface area (Å²) < 4.78 is 16.9. The van der Waals surface area contributed by atoms with Gasteiger partial charge in [0.2, 0.25) is 0 Å². The number of hydrogen-bond acceptors (Lipinski definition) is 4. The van der Waals surface area contributed by atoms with Crippen LogP contribution in [0.3, 0.4) is 0 Å². The minimum Gasteiger partial charge on any atom is -0.496 e. The van der Waals surface area contributed by atoms with Gasteiger partial charge in [0.25, 0.3) is 0 Å². The fraction of sp³-hybridized carbons (Fsp3) is 0.353.